The van der Waals surface area contributed by atoms with Gasteiger partial charge in [0.2, 0.25) is 5.91 Å². The number of likely N-dealkylation sites (tertiary alicyclic amines) is 1. The Bertz CT molecular complexity index is 2000. The van der Waals surface area contributed by atoms with E-state index in [9.17, 15) is 14.0 Å². The molecule has 2 atom stereocenters. The summed E-state index contributed by atoms with van der Waals surface area (Å²) in [5.74, 6) is 1.13. The number of primary amides is 1. The van der Waals surface area contributed by atoms with Gasteiger partial charge in [-0.15, -0.1) is 0 Å². The van der Waals surface area contributed by atoms with Gasteiger partial charge in [0.05, 0.1) is 37.0 Å². The summed E-state index contributed by atoms with van der Waals surface area (Å²) in [6.07, 6.45) is 1.60. The minimum absolute atomic E-state index is 0.0194. The second-order valence-corrected chi connectivity index (χ2v) is 12.8. The first kappa shape index (κ1) is 29.9. The summed E-state index contributed by atoms with van der Waals surface area (Å²) in [5.41, 5.74) is 18.7. The molecule has 1 saturated heterocycles. The molecule has 7 rings (SSSR count). The van der Waals surface area contributed by atoms with Crippen LogP contribution in [0.2, 0.25) is 0 Å². The van der Waals surface area contributed by atoms with E-state index in [0.29, 0.717) is 29.3 Å². The van der Waals surface area contributed by atoms with Gasteiger partial charge in [0.15, 0.2) is 5.82 Å². The lowest BCUT2D eigenvalue weighted by Gasteiger charge is -2.33. The molecule has 1 aliphatic heterocycles. The van der Waals surface area contributed by atoms with E-state index in [1.165, 1.54) is 4.90 Å². The van der Waals surface area contributed by atoms with Gasteiger partial charge in [0.25, 0.3) is 5.91 Å². The number of halogens is 1. The Morgan fingerprint density at radius 2 is 1.89 bits per heavy atom. The molecule has 1 saturated carbocycles. The first-order valence-corrected chi connectivity index (χ1v) is 15.7. The highest BCUT2D eigenvalue weighted by Gasteiger charge is 2.31. The van der Waals surface area contributed by atoms with Crippen LogP contribution in [0, 0.1) is 12.8 Å². The molecule has 5 aromatic rings. The second kappa shape index (κ2) is 11.5. The summed E-state index contributed by atoms with van der Waals surface area (Å²) in [5, 5.41) is 0.988. The van der Waals surface area contributed by atoms with Crippen LogP contribution >= 0.6 is 0 Å². The minimum atomic E-state index is -1.15. The lowest BCUT2D eigenvalue weighted by Crippen LogP contribution is -2.50. The van der Waals surface area contributed by atoms with Gasteiger partial charge in [-0.3, -0.25) is 9.59 Å². The largest absolute Gasteiger partial charge is 0.494 e. The predicted molar refractivity (Wildman–Crippen MR) is 175 cm³/mol. The number of rotatable bonds is 8. The zero-order valence-corrected chi connectivity index (χ0v) is 26.3. The highest BCUT2D eigenvalue weighted by Crippen LogP contribution is 2.38. The van der Waals surface area contributed by atoms with E-state index in [1.807, 2.05) is 42.8 Å². The van der Waals surface area contributed by atoms with Gasteiger partial charge < -0.3 is 30.2 Å². The third-order valence-electron chi connectivity index (χ3n) is 9.32. The van der Waals surface area contributed by atoms with Gasteiger partial charge in [-0.05, 0) is 73.6 Å². The average Bonchev–Trinajstić information content (AvgIpc) is 3.69. The number of amides is 2. The number of alkyl halides is 1. The van der Waals surface area contributed by atoms with Crippen LogP contribution in [0.5, 0.6) is 5.75 Å². The van der Waals surface area contributed by atoms with Crippen LogP contribution in [-0.4, -0.2) is 68.2 Å². The molecule has 0 spiro atoms. The Labute approximate surface area is 266 Å². The third-order valence-corrected chi connectivity index (χ3v) is 9.32. The molecule has 0 bridgehead atoms. The highest BCUT2D eigenvalue weighted by molar-refractivity contribution is 6.00. The molecule has 0 radical (unpaired) electrons. The van der Waals surface area contributed by atoms with Crippen molar-refractivity contribution in [3.05, 3.63) is 65.2 Å². The number of carbonyl (C=O) groups is 2. The first-order valence-electron chi connectivity index (χ1n) is 15.7. The molecular weight excluding hydrogens is 585 g/mol. The van der Waals surface area contributed by atoms with Gasteiger partial charge in [0.1, 0.15) is 23.1 Å². The number of benzene rings is 2. The van der Waals surface area contributed by atoms with Crippen molar-refractivity contribution in [2.75, 3.05) is 20.2 Å². The van der Waals surface area contributed by atoms with Gasteiger partial charge >= 0.3 is 0 Å². The number of aromatic nitrogens is 4. The maximum Gasteiger partial charge on any atom is 0.254 e. The molecule has 238 valence electrons. The standard InChI is InChI=1S/C35H38FN7O3/c1-19-21(14-31(38)44)5-4-6-26(19)27-10-9-22-12-29(43(33(22)39-27)16-20-7-8-20)34-40-28-11-23(13-30(46-3)32(28)41(34)2)35(45)42-17-24(36)15-25(37)18-42/h4-6,9-13,20,24-25H,7-8,14-18,37H2,1-3H3,(H2,38,44)/t24-,25-/m1/s1. The van der Waals surface area contributed by atoms with Crippen LogP contribution in [0.1, 0.15) is 40.7 Å². The van der Waals surface area contributed by atoms with Crippen molar-refractivity contribution in [2.24, 2.45) is 24.4 Å². The number of imidazole rings is 1. The summed E-state index contributed by atoms with van der Waals surface area (Å²) in [4.78, 5) is 36.8. The quantitative estimate of drug-likeness (QED) is 0.261. The topological polar surface area (TPSA) is 134 Å². The Hall–Kier alpha value is -4.77. The molecule has 3 aromatic heterocycles. The number of hydrogen-bond acceptors (Lipinski definition) is 6. The molecule has 2 aliphatic rings. The smallest absolute Gasteiger partial charge is 0.254 e. The van der Waals surface area contributed by atoms with E-state index in [4.69, 9.17) is 26.2 Å². The van der Waals surface area contributed by atoms with Crippen LogP contribution in [-0.2, 0) is 24.8 Å². The first-order chi connectivity index (χ1) is 22.1. The molecule has 2 fully saturated rings. The number of nitrogens with zero attached hydrogens (tertiary/aromatic N) is 5. The summed E-state index contributed by atoms with van der Waals surface area (Å²) in [6.45, 7) is 3.12. The number of carbonyl (C=O) groups excluding carboxylic acids is 2. The fraction of sp³-hybridized carbons (Fsp3) is 0.371. The van der Waals surface area contributed by atoms with E-state index in [2.05, 4.69) is 16.7 Å². The number of aryl methyl sites for hydroxylation is 1. The summed E-state index contributed by atoms with van der Waals surface area (Å²) >= 11 is 0. The molecule has 1 aliphatic carbocycles. The third kappa shape index (κ3) is 5.38. The Morgan fingerprint density at radius 1 is 1.09 bits per heavy atom. The molecule has 4 N–H and O–H groups in total. The van der Waals surface area contributed by atoms with Gasteiger partial charge in [0, 0.05) is 42.7 Å². The number of methoxy groups -OCH3 is 1. The van der Waals surface area contributed by atoms with Crippen LogP contribution in [0.3, 0.4) is 0 Å². The molecule has 0 unspecified atom stereocenters. The minimum Gasteiger partial charge on any atom is -0.494 e. The molecule has 2 aromatic carbocycles. The van der Waals surface area contributed by atoms with Crippen molar-refractivity contribution >= 4 is 33.9 Å². The fourth-order valence-corrected chi connectivity index (χ4v) is 6.79. The van der Waals surface area contributed by atoms with Crippen LogP contribution < -0.4 is 16.2 Å². The highest BCUT2D eigenvalue weighted by atomic mass is 19.1. The Kier molecular flexibility index (Phi) is 7.51. The number of ether oxygens (including phenoxy) is 1. The Morgan fingerprint density at radius 3 is 2.61 bits per heavy atom. The summed E-state index contributed by atoms with van der Waals surface area (Å²) in [6, 6.07) is 15.1. The molecule has 4 heterocycles. The van der Waals surface area contributed by atoms with Gasteiger partial charge in [-0.2, -0.15) is 0 Å². The average molecular weight is 624 g/mol. The van der Waals surface area contributed by atoms with Crippen molar-refractivity contribution in [3.63, 3.8) is 0 Å². The maximum absolute atomic E-state index is 14.3. The SMILES string of the molecule is COc1cc(C(=O)N2C[C@H](N)C[C@@H](F)C2)cc2nc(-c3cc4ccc(-c5cccc(CC(N)=O)c5C)nc4n3CC3CC3)n(C)c12. The Balaban J connectivity index is 1.33. The fourth-order valence-electron chi connectivity index (χ4n) is 6.79. The summed E-state index contributed by atoms with van der Waals surface area (Å²) < 4.78 is 24.3. The van der Waals surface area contributed by atoms with Crippen LogP contribution in [0.4, 0.5) is 4.39 Å². The van der Waals surface area contributed by atoms with Crippen molar-refractivity contribution in [2.45, 2.75) is 51.4 Å². The molecule has 46 heavy (non-hydrogen) atoms. The van der Waals surface area contributed by atoms with Crippen molar-refractivity contribution in [1.29, 1.82) is 0 Å². The zero-order valence-electron chi connectivity index (χ0n) is 26.3. The molecule has 10 nitrogen and oxygen atoms in total. The normalized spacial score (nSPS) is 18.4. The monoisotopic (exact) mass is 623 g/mol. The van der Waals surface area contributed by atoms with E-state index < -0.39 is 12.2 Å². The van der Waals surface area contributed by atoms with Gasteiger partial charge in [-0.25, -0.2) is 14.4 Å². The van der Waals surface area contributed by atoms with Crippen molar-refractivity contribution in [1.82, 2.24) is 24.0 Å². The zero-order chi connectivity index (χ0) is 32.3. The number of piperidine rings is 1. The lowest BCUT2D eigenvalue weighted by atomic mass is 9.97. The molecule has 2 amide bonds. The summed E-state index contributed by atoms with van der Waals surface area (Å²) in [7, 11) is 3.51. The van der Waals surface area contributed by atoms with Crippen LogP contribution in [0.25, 0.3) is 44.8 Å². The van der Waals surface area contributed by atoms with E-state index >= 15 is 0 Å². The van der Waals surface area contributed by atoms with Crippen molar-refractivity contribution < 1.29 is 18.7 Å². The lowest BCUT2D eigenvalue weighted by molar-refractivity contribution is -0.117. The van der Waals surface area contributed by atoms with E-state index in [-0.39, 0.29) is 31.2 Å². The van der Waals surface area contributed by atoms with E-state index in [0.717, 1.165) is 69.8 Å². The number of nitrogens with two attached hydrogens (primary N) is 2. The second-order valence-electron chi connectivity index (χ2n) is 12.8. The number of fused-ring (bicyclic) bond motifs is 2. The predicted octanol–water partition coefficient (Wildman–Crippen LogP) is 4.52. The van der Waals surface area contributed by atoms with Crippen LogP contribution in [0.15, 0.2) is 48.5 Å². The molecule has 11 heteroatoms. The number of hydrogen-bond donors (Lipinski definition) is 2. The number of pyridine rings is 1. The van der Waals surface area contributed by atoms with Gasteiger partial charge in [-0.1, -0.05) is 18.2 Å². The van der Waals surface area contributed by atoms with Crippen molar-refractivity contribution in [3.8, 4) is 28.5 Å². The maximum atomic E-state index is 14.3. The van der Waals surface area contributed by atoms with E-state index in [1.54, 1.807) is 19.2 Å². The molecular formula is C35H38FN7O3.